The van der Waals surface area contributed by atoms with Crippen LogP contribution >= 0.6 is 0 Å². The molecule has 1 aliphatic heterocycles. The highest BCUT2D eigenvalue weighted by molar-refractivity contribution is 5.88. The summed E-state index contributed by atoms with van der Waals surface area (Å²) >= 11 is 0. The van der Waals surface area contributed by atoms with Crippen molar-refractivity contribution in [2.24, 2.45) is 16.5 Å². The van der Waals surface area contributed by atoms with Crippen molar-refractivity contribution in [3.8, 4) is 11.5 Å². The van der Waals surface area contributed by atoms with Crippen molar-refractivity contribution >= 4 is 16.9 Å². The minimum Gasteiger partial charge on any atom is -0.489 e. The Morgan fingerprint density at radius 1 is 1.31 bits per heavy atom. The molecule has 2 aliphatic rings. The molecule has 0 amide bonds. The van der Waals surface area contributed by atoms with E-state index in [-0.39, 0.29) is 65.8 Å². The molecule has 1 aromatic carbocycles. The minimum absolute atomic E-state index is 0.00963. The first-order chi connectivity index (χ1) is 16.6. The molecule has 2 aromatic rings. The maximum Gasteiger partial charge on any atom is 0.200 e. The second kappa shape index (κ2) is 10.0. The number of fused-ring (bicyclic) bond motifs is 2. The van der Waals surface area contributed by atoms with Crippen molar-refractivity contribution in [2.45, 2.75) is 82.7 Å². The van der Waals surface area contributed by atoms with Crippen LogP contribution in [-0.4, -0.2) is 52.2 Å². The Balaban J connectivity index is 1.87. The predicted molar refractivity (Wildman–Crippen MR) is 131 cm³/mol. The Labute approximate surface area is 203 Å². The molecule has 1 aliphatic carbocycles. The number of nitrogens with zero attached hydrogens (tertiary/aromatic N) is 1. The van der Waals surface area contributed by atoms with E-state index in [0.717, 1.165) is 31.2 Å². The Hall–Kier alpha value is -2.82. The van der Waals surface area contributed by atoms with Gasteiger partial charge in [-0.25, -0.2) is 0 Å². The lowest BCUT2D eigenvalue weighted by atomic mass is 9.95. The first kappa shape index (κ1) is 25.3. The molecule has 35 heavy (non-hydrogen) atoms. The van der Waals surface area contributed by atoms with E-state index in [1.807, 2.05) is 0 Å². The van der Waals surface area contributed by atoms with Crippen molar-refractivity contribution in [3.63, 3.8) is 0 Å². The van der Waals surface area contributed by atoms with Gasteiger partial charge in [0.05, 0.1) is 11.7 Å². The van der Waals surface area contributed by atoms with E-state index in [1.54, 1.807) is 19.9 Å². The van der Waals surface area contributed by atoms with Gasteiger partial charge >= 0.3 is 0 Å². The van der Waals surface area contributed by atoms with E-state index in [1.165, 1.54) is 0 Å². The smallest absolute Gasteiger partial charge is 0.200 e. The fourth-order valence-corrected chi connectivity index (χ4v) is 4.83. The number of nitrogens with two attached hydrogens (primary N) is 2. The van der Waals surface area contributed by atoms with E-state index in [9.17, 15) is 20.1 Å². The first-order valence-corrected chi connectivity index (χ1v) is 12.2. The molecule has 2 heterocycles. The first-order valence-electron chi connectivity index (χ1n) is 12.2. The second-order valence-electron chi connectivity index (χ2n) is 9.90. The van der Waals surface area contributed by atoms with Crippen LogP contribution in [-0.2, 0) is 12.8 Å². The highest BCUT2D eigenvalue weighted by atomic mass is 16.5. The number of ether oxygens (including phenoxy) is 2. The van der Waals surface area contributed by atoms with E-state index >= 15 is 0 Å². The minimum atomic E-state index is -1.16. The third kappa shape index (κ3) is 5.24. The van der Waals surface area contributed by atoms with Crippen molar-refractivity contribution in [1.82, 2.24) is 0 Å². The highest BCUT2D eigenvalue weighted by Gasteiger charge is 2.39. The van der Waals surface area contributed by atoms with Crippen molar-refractivity contribution in [1.29, 1.82) is 0 Å². The average Bonchev–Trinajstić information content (AvgIpc) is 3.44. The van der Waals surface area contributed by atoms with Gasteiger partial charge in [0.1, 0.15) is 40.4 Å². The van der Waals surface area contributed by atoms with Gasteiger partial charge in [0.2, 0.25) is 0 Å². The fourth-order valence-electron chi connectivity index (χ4n) is 4.83. The average molecular weight is 490 g/mol. The van der Waals surface area contributed by atoms with Crippen LogP contribution in [0.1, 0.15) is 68.9 Å². The van der Waals surface area contributed by atoms with E-state index < -0.39 is 17.8 Å². The van der Waals surface area contributed by atoms with Gasteiger partial charge in [-0.3, -0.25) is 9.79 Å². The zero-order valence-corrected chi connectivity index (χ0v) is 20.2. The summed E-state index contributed by atoms with van der Waals surface area (Å²) in [6, 6.07) is 1.62. The zero-order chi connectivity index (χ0) is 25.3. The lowest BCUT2D eigenvalue weighted by Crippen LogP contribution is -2.39. The van der Waals surface area contributed by atoms with Crippen LogP contribution < -0.4 is 26.4 Å². The molecule has 10 nitrogen and oxygen atoms in total. The SMILES string of the molecule is CC(C)(O)C1Cc2c(cc3oc(C(O)CCN=C(N)N)c(CCO)c(=O)c3c2OC2CCCC2)O1. The quantitative estimate of drug-likeness (QED) is 0.258. The Morgan fingerprint density at radius 2 is 2.03 bits per heavy atom. The monoisotopic (exact) mass is 489 g/mol. The number of benzene rings is 1. The highest BCUT2D eigenvalue weighted by Crippen LogP contribution is 2.45. The van der Waals surface area contributed by atoms with Crippen LogP contribution in [0.25, 0.3) is 11.0 Å². The number of rotatable bonds is 9. The third-order valence-corrected chi connectivity index (χ3v) is 6.72. The number of aliphatic imine (C=N–C) groups is 1. The van der Waals surface area contributed by atoms with Crippen LogP contribution in [0.4, 0.5) is 0 Å². The zero-order valence-electron chi connectivity index (χ0n) is 20.2. The molecule has 1 aromatic heterocycles. The van der Waals surface area contributed by atoms with Gasteiger partial charge in [0, 0.05) is 49.6 Å². The van der Waals surface area contributed by atoms with Crippen LogP contribution in [0.2, 0.25) is 0 Å². The van der Waals surface area contributed by atoms with Gasteiger partial charge in [0.25, 0.3) is 0 Å². The summed E-state index contributed by atoms with van der Waals surface area (Å²) in [6.45, 7) is 3.20. The second-order valence-corrected chi connectivity index (χ2v) is 9.90. The van der Waals surface area contributed by atoms with Crippen molar-refractivity contribution < 1.29 is 29.2 Å². The van der Waals surface area contributed by atoms with Gasteiger partial charge in [0.15, 0.2) is 11.4 Å². The van der Waals surface area contributed by atoms with Crippen LogP contribution in [0.3, 0.4) is 0 Å². The molecule has 1 saturated carbocycles. The molecule has 0 saturated heterocycles. The molecule has 10 heteroatoms. The van der Waals surface area contributed by atoms with Gasteiger partial charge in [-0.15, -0.1) is 0 Å². The van der Waals surface area contributed by atoms with E-state index in [0.29, 0.717) is 17.9 Å². The molecule has 0 bridgehead atoms. The lowest BCUT2D eigenvalue weighted by molar-refractivity contribution is -0.0229. The van der Waals surface area contributed by atoms with Crippen LogP contribution in [0.5, 0.6) is 11.5 Å². The molecule has 4 rings (SSSR count). The summed E-state index contributed by atoms with van der Waals surface area (Å²) in [4.78, 5) is 17.7. The fraction of sp³-hybridized carbons (Fsp3) is 0.600. The number of hydrogen-bond donors (Lipinski definition) is 5. The lowest BCUT2D eigenvalue weighted by Gasteiger charge is -2.24. The summed E-state index contributed by atoms with van der Waals surface area (Å²) in [6.07, 6.45) is 2.69. The number of aliphatic hydroxyl groups is 3. The Morgan fingerprint density at radius 3 is 2.66 bits per heavy atom. The van der Waals surface area contributed by atoms with Gasteiger partial charge in [-0.2, -0.15) is 0 Å². The molecule has 7 N–H and O–H groups in total. The molecule has 0 spiro atoms. The topological polar surface area (TPSA) is 174 Å². The summed E-state index contributed by atoms with van der Waals surface area (Å²) < 4.78 is 18.6. The molecular weight excluding hydrogens is 454 g/mol. The van der Waals surface area contributed by atoms with E-state index in [4.69, 9.17) is 25.4 Å². The van der Waals surface area contributed by atoms with Crippen LogP contribution in [0.15, 0.2) is 20.3 Å². The van der Waals surface area contributed by atoms with Gasteiger partial charge < -0.3 is 40.7 Å². The molecule has 2 unspecified atom stereocenters. The maximum atomic E-state index is 13.8. The molecule has 192 valence electrons. The molecular formula is C25H35N3O7. The maximum absolute atomic E-state index is 13.8. The number of aliphatic hydroxyl groups excluding tert-OH is 2. The van der Waals surface area contributed by atoms with Crippen LogP contribution in [0, 0.1) is 0 Å². The van der Waals surface area contributed by atoms with E-state index in [2.05, 4.69) is 4.99 Å². The summed E-state index contributed by atoms with van der Waals surface area (Å²) in [5.41, 5.74) is 10.4. The predicted octanol–water partition coefficient (Wildman–Crippen LogP) is 1.42. The number of guanidine groups is 1. The normalized spacial score (nSPS) is 18.9. The summed E-state index contributed by atoms with van der Waals surface area (Å²) in [5.74, 6) is 0.851. The standard InChI is InChI=1S/C25H35N3O7/c1-25(2,32)19-11-15-17(34-19)12-18-20(23(15)33-13-5-3-4-6-13)21(31)14(8-10-29)22(35-18)16(30)7-9-28-24(26)27/h12-13,16,19,29-30,32H,3-11H2,1-2H3,(H4,26,27,28). The molecule has 1 fully saturated rings. The largest absolute Gasteiger partial charge is 0.489 e. The van der Waals surface area contributed by atoms with Crippen molar-refractivity contribution in [2.75, 3.05) is 13.2 Å². The Bertz CT molecular complexity index is 1160. The summed E-state index contributed by atoms with van der Waals surface area (Å²) in [5, 5.41) is 31.3. The van der Waals surface area contributed by atoms with Gasteiger partial charge in [-0.05, 0) is 39.5 Å². The molecule has 0 radical (unpaired) electrons. The summed E-state index contributed by atoms with van der Waals surface area (Å²) in [7, 11) is 0. The third-order valence-electron chi connectivity index (χ3n) is 6.72. The van der Waals surface area contributed by atoms with Gasteiger partial charge in [-0.1, -0.05) is 0 Å². The Kier molecular flexibility index (Phi) is 7.25. The number of hydrogen-bond acceptors (Lipinski definition) is 8. The van der Waals surface area contributed by atoms with Crippen molar-refractivity contribution in [3.05, 3.63) is 33.2 Å². The molecule has 2 atom stereocenters.